The van der Waals surface area contributed by atoms with Crippen molar-refractivity contribution in [2.24, 2.45) is 0 Å². The predicted molar refractivity (Wildman–Crippen MR) is 89.3 cm³/mol. The van der Waals surface area contributed by atoms with Gasteiger partial charge in [-0.15, -0.1) is 0 Å². The van der Waals surface area contributed by atoms with E-state index in [4.69, 9.17) is 0 Å². The van der Waals surface area contributed by atoms with Crippen molar-refractivity contribution in [2.45, 2.75) is 38.5 Å². The van der Waals surface area contributed by atoms with Gasteiger partial charge in [0.1, 0.15) is 12.7 Å². The van der Waals surface area contributed by atoms with Gasteiger partial charge < -0.3 is 22.1 Å². The largest absolute Gasteiger partial charge is 1.00 e. The molecule has 0 aliphatic carbocycles. The SMILES string of the molecule is CCCCCN1c2nccc[n+]2C[C@@]1(O)c1ccc(Br)cc1.[Br-]. The van der Waals surface area contributed by atoms with Crippen LogP contribution in [0.1, 0.15) is 31.7 Å². The summed E-state index contributed by atoms with van der Waals surface area (Å²) in [5.41, 5.74) is -0.131. The number of benzene rings is 1. The van der Waals surface area contributed by atoms with Gasteiger partial charge in [0.25, 0.3) is 0 Å². The topological polar surface area (TPSA) is 40.2 Å². The van der Waals surface area contributed by atoms with Crippen molar-refractivity contribution in [1.29, 1.82) is 0 Å². The summed E-state index contributed by atoms with van der Waals surface area (Å²) >= 11 is 3.45. The normalized spacial score (nSPS) is 19.3. The van der Waals surface area contributed by atoms with Crippen molar-refractivity contribution in [3.8, 4) is 0 Å². The maximum absolute atomic E-state index is 11.4. The molecule has 1 aromatic heterocycles. The zero-order valence-corrected chi connectivity index (χ0v) is 16.3. The van der Waals surface area contributed by atoms with E-state index in [2.05, 4.69) is 27.8 Å². The third-order valence-electron chi connectivity index (χ3n) is 4.17. The summed E-state index contributed by atoms with van der Waals surface area (Å²) in [6.07, 6.45) is 7.12. The molecule has 1 atom stereocenters. The van der Waals surface area contributed by atoms with Gasteiger partial charge in [0.05, 0.1) is 12.7 Å². The fraction of sp³-hybridized carbons (Fsp3) is 0.412. The molecular formula is C17H21Br2N3O. The molecule has 23 heavy (non-hydrogen) atoms. The van der Waals surface area contributed by atoms with Crippen LogP contribution in [0.3, 0.4) is 0 Å². The first-order valence-electron chi connectivity index (χ1n) is 7.75. The van der Waals surface area contributed by atoms with Crippen molar-refractivity contribution in [3.63, 3.8) is 0 Å². The average Bonchev–Trinajstić information content (AvgIpc) is 2.81. The Morgan fingerprint density at radius 3 is 2.74 bits per heavy atom. The summed E-state index contributed by atoms with van der Waals surface area (Å²) in [7, 11) is 0. The average molecular weight is 443 g/mol. The first-order valence-corrected chi connectivity index (χ1v) is 8.55. The van der Waals surface area contributed by atoms with Crippen molar-refractivity contribution in [3.05, 3.63) is 52.8 Å². The molecular weight excluding hydrogens is 422 g/mol. The van der Waals surface area contributed by atoms with Crippen molar-refractivity contribution in [2.75, 3.05) is 11.4 Å². The van der Waals surface area contributed by atoms with Crippen LogP contribution in [0.5, 0.6) is 0 Å². The Morgan fingerprint density at radius 1 is 1.30 bits per heavy atom. The van der Waals surface area contributed by atoms with Crippen LogP contribution >= 0.6 is 15.9 Å². The first kappa shape index (κ1) is 18.4. The lowest BCUT2D eigenvalue weighted by molar-refractivity contribution is -0.685. The molecule has 0 unspecified atom stereocenters. The van der Waals surface area contributed by atoms with Gasteiger partial charge in [-0.2, -0.15) is 0 Å². The minimum Gasteiger partial charge on any atom is -1.00 e. The molecule has 0 spiro atoms. The second-order valence-corrected chi connectivity index (χ2v) is 6.65. The van der Waals surface area contributed by atoms with Crippen LogP contribution in [-0.2, 0) is 12.3 Å². The van der Waals surface area contributed by atoms with E-state index in [0.29, 0.717) is 6.54 Å². The zero-order chi connectivity index (χ0) is 15.6. The first-order chi connectivity index (χ1) is 10.6. The summed E-state index contributed by atoms with van der Waals surface area (Å²) < 4.78 is 3.03. The lowest BCUT2D eigenvalue weighted by atomic mass is 10.0. The van der Waals surface area contributed by atoms with Crippen LogP contribution in [0, 0.1) is 0 Å². The van der Waals surface area contributed by atoms with E-state index in [0.717, 1.165) is 41.8 Å². The quantitative estimate of drug-likeness (QED) is 0.523. The standard InChI is InChI=1S/C17H21BrN3O.BrH/c1-2-3-4-12-21-16-19-10-5-11-20(16)13-17(21,22)14-6-8-15(18)9-7-14;/h5-11,22H,2-4,12-13H2,1H3;1H/q+1;/p-1/t17-;/m1./s1. The fourth-order valence-corrected chi connectivity index (χ4v) is 3.26. The number of hydrogen-bond acceptors (Lipinski definition) is 3. The van der Waals surface area contributed by atoms with Gasteiger partial charge in [0.2, 0.25) is 5.72 Å². The van der Waals surface area contributed by atoms with Crippen molar-refractivity contribution >= 4 is 21.9 Å². The van der Waals surface area contributed by atoms with Crippen molar-refractivity contribution < 1.29 is 26.7 Å². The molecule has 1 aliphatic heterocycles. The molecule has 1 N–H and O–H groups in total. The third-order valence-corrected chi connectivity index (χ3v) is 4.70. The molecule has 1 aliphatic rings. The van der Waals surface area contributed by atoms with Crippen LogP contribution < -0.4 is 26.4 Å². The molecule has 1 aromatic carbocycles. The molecule has 4 nitrogen and oxygen atoms in total. The number of fused-ring (bicyclic) bond motifs is 1. The minimum absolute atomic E-state index is 0. The van der Waals surface area contributed by atoms with Crippen LogP contribution in [-0.4, -0.2) is 16.6 Å². The number of nitrogens with zero attached hydrogens (tertiary/aromatic N) is 3. The molecule has 0 bridgehead atoms. The second kappa shape index (κ2) is 7.73. The van der Waals surface area contributed by atoms with E-state index in [-0.39, 0.29) is 17.0 Å². The molecule has 0 radical (unpaired) electrons. The van der Waals surface area contributed by atoms with Gasteiger partial charge in [-0.3, -0.25) is 0 Å². The molecule has 0 fully saturated rings. The predicted octanol–water partition coefficient (Wildman–Crippen LogP) is -0.00890. The number of rotatable bonds is 5. The Kier molecular flexibility index (Phi) is 6.17. The summed E-state index contributed by atoms with van der Waals surface area (Å²) in [5.74, 6) is 0.837. The van der Waals surface area contributed by atoms with E-state index in [9.17, 15) is 5.11 Å². The van der Waals surface area contributed by atoms with E-state index >= 15 is 0 Å². The van der Waals surface area contributed by atoms with Crippen LogP contribution in [0.25, 0.3) is 0 Å². The fourth-order valence-electron chi connectivity index (χ4n) is 3.00. The van der Waals surface area contributed by atoms with Gasteiger partial charge in [-0.25, -0.2) is 9.47 Å². The van der Waals surface area contributed by atoms with E-state index in [1.807, 2.05) is 46.0 Å². The Labute approximate surface area is 156 Å². The van der Waals surface area contributed by atoms with Gasteiger partial charge >= 0.3 is 5.95 Å². The number of aliphatic hydroxyl groups is 1. The lowest BCUT2D eigenvalue weighted by Crippen LogP contribution is -3.00. The Bertz CT molecular complexity index is 651. The number of aromatic nitrogens is 2. The molecule has 124 valence electrons. The molecule has 0 saturated carbocycles. The highest BCUT2D eigenvalue weighted by Crippen LogP contribution is 2.34. The number of hydrogen-bond donors (Lipinski definition) is 1. The van der Waals surface area contributed by atoms with E-state index in [1.165, 1.54) is 0 Å². The van der Waals surface area contributed by atoms with Crippen molar-refractivity contribution in [1.82, 2.24) is 4.98 Å². The molecule has 2 heterocycles. The number of anilines is 1. The maximum Gasteiger partial charge on any atom is 0.396 e. The lowest BCUT2D eigenvalue weighted by Gasteiger charge is -2.28. The Morgan fingerprint density at radius 2 is 2.04 bits per heavy atom. The minimum atomic E-state index is -1.03. The summed E-state index contributed by atoms with van der Waals surface area (Å²) in [5, 5.41) is 11.4. The summed E-state index contributed by atoms with van der Waals surface area (Å²) in [4.78, 5) is 6.51. The maximum atomic E-state index is 11.4. The highest BCUT2D eigenvalue weighted by Gasteiger charge is 2.50. The second-order valence-electron chi connectivity index (χ2n) is 5.73. The number of unbranched alkanes of at least 4 members (excludes halogenated alkanes) is 2. The van der Waals surface area contributed by atoms with Crippen LogP contribution in [0.2, 0.25) is 0 Å². The van der Waals surface area contributed by atoms with Gasteiger partial charge in [0, 0.05) is 16.1 Å². The van der Waals surface area contributed by atoms with Gasteiger partial charge in [0.15, 0.2) is 0 Å². The number of halogens is 2. The highest BCUT2D eigenvalue weighted by molar-refractivity contribution is 9.10. The highest BCUT2D eigenvalue weighted by atomic mass is 79.9. The molecule has 0 amide bonds. The molecule has 3 rings (SSSR count). The summed E-state index contributed by atoms with van der Waals surface area (Å²) in [6, 6.07) is 9.80. The van der Waals surface area contributed by atoms with Crippen LogP contribution in [0.15, 0.2) is 47.2 Å². The summed E-state index contributed by atoms with van der Waals surface area (Å²) in [6.45, 7) is 3.49. The molecule has 6 heteroatoms. The molecule has 2 aromatic rings. The third kappa shape index (κ3) is 3.59. The van der Waals surface area contributed by atoms with E-state index in [1.54, 1.807) is 6.20 Å². The Hall–Kier alpha value is -0.980. The smallest absolute Gasteiger partial charge is 0.396 e. The van der Waals surface area contributed by atoms with Crippen LogP contribution in [0.4, 0.5) is 5.95 Å². The molecule has 0 saturated heterocycles. The van der Waals surface area contributed by atoms with E-state index < -0.39 is 5.72 Å². The van der Waals surface area contributed by atoms with Gasteiger partial charge in [-0.1, -0.05) is 52.8 Å². The van der Waals surface area contributed by atoms with Gasteiger partial charge in [-0.05, 0) is 18.6 Å². The Balaban J connectivity index is 0.00000192. The monoisotopic (exact) mass is 441 g/mol. The zero-order valence-electron chi connectivity index (χ0n) is 13.1.